The van der Waals surface area contributed by atoms with Crippen molar-refractivity contribution in [1.82, 2.24) is 4.57 Å². The fourth-order valence-electron chi connectivity index (χ4n) is 1.89. The highest BCUT2D eigenvalue weighted by molar-refractivity contribution is 5.74. The second-order valence-electron chi connectivity index (χ2n) is 4.28. The molecule has 3 nitrogen and oxygen atoms in total. The molecule has 2 rings (SSSR count). The molecule has 92 valence electrons. The van der Waals surface area contributed by atoms with E-state index in [0.29, 0.717) is 17.9 Å². The third kappa shape index (κ3) is 2.35. The predicted molar refractivity (Wildman–Crippen MR) is 71.8 cm³/mol. The van der Waals surface area contributed by atoms with E-state index in [-0.39, 0.29) is 5.76 Å². The molecular formula is C15H15NO2. The molecule has 0 aliphatic carbocycles. The summed E-state index contributed by atoms with van der Waals surface area (Å²) < 4.78 is 1.75. The molecule has 0 aliphatic rings. The maximum atomic E-state index is 11.0. The number of aliphatic hydroxyl groups excluding tert-OH is 1. The average molecular weight is 241 g/mol. The first-order valence-corrected chi connectivity index (χ1v) is 5.70. The van der Waals surface area contributed by atoms with Crippen LogP contribution in [0.3, 0.4) is 0 Å². The van der Waals surface area contributed by atoms with Gasteiger partial charge in [0.05, 0.1) is 11.4 Å². The number of rotatable bonds is 4. The van der Waals surface area contributed by atoms with Gasteiger partial charge in [0.15, 0.2) is 6.29 Å². The summed E-state index contributed by atoms with van der Waals surface area (Å²) in [5, 5.41) is 9.50. The summed E-state index contributed by atoms with van der Waals surface area (Å²) in [6.07, 6.45) is 0.778. The van der Waals surface area contributed by atoms with E-state index >= 15 is 0 Å². The number of hydrogen-bond acceptors (Lipinski definition) is 2. The minimum absolute atomic E-state index is 0.0322. The van der Waals surface area contributed by atoms with Crippen LogP contribution in [0.4, 0.5) is 0 Å². The summed E-state index contributed by atoms with van der Waals surface area (Å²) in [6.45, 7) is 6.07. The lowest BCUT2D eigenvalue weighted by molar-refractivity contribution is 0.111. The third-order valence-corrected chi connectivity index (χ3v) is 2.89. The van der Waals surface area contributed by atoms with E-state index in [4.69, 9.17) is 0 Å². The highest BCUT2D eigenvalue weighted by Gasteiger charge is 2.10. The van der Waals surface area contributed by atoms with Crippen LogP contribution in [0.25, 0.3) is 5.76 Å². The van der Waals surface area contributed by atoms with Crippen LogP contribution in [0.15, 0.2) is 43.0 Å². The fourth-order valence-corrected chi connectivity index (χ4v) is 1.89. The van der Waals surface area contributed by atoms with Crippen LogP contribution in [0.2, 0.25) is 0 Å². The van der Waals surface area contributed by atoms with Gasteiger partial charge in [0.2, 0.25) is 0 Å². The first-order valence-electron chi connectivity index (χ1n) is 5.70. The molecule has 0 radical (unpaired) electrons. The summed E-state index contributed by atoms with van der Waals surface area (Å²) >= 11 is 0. The number of aldehydes is 1. The van der Waals surface area contributed by atoms with E-state index in [2.05, 4.69) is 6.58 Å². The van der Waals surface area contributed by atoms with Crippen LogP contribution in [-0.2, 0) is 6.54 Å². The van der Waals surface area contributed by atoms with Gasteiger partial charge in [0, 0.05) is 6.54 Å². The Hall–Kier alpha value is -2.29. The molecule has 0 spiro atoms. The van der Waals surface area contributed by atoms with E-state index in [0.717, 1.165) is 11.8 Å². The summed E-state index contributed by atoms with van der Waals surface area (Å²) in [6, 6.07) is 11.4. The molecule has 2 aromatic rings. The number of carbonyl (C=O) groups excluding carboxylic acids is 1. The van der Waals surface area contributed by atoms with Crippen LogP contribution >= 0.6 is 0 Å². The Bertz CT molecular complexity index is 579. The summed E-state index contributed by atoms with van der Waals surface area (Å²) in [4.78, 5) is 11.0. The normalized spacial score (nSPS) is 10.3. The molecule has 3 heteroatoms. The number of aliphatic hydroxyl groups is 1. The molecule has 1 N–H and O–H groups in total. The van der Waals surface area contributed by atoms with Crippen LogP contribution in [0.5, 0.6) is 0 Å². The zero-order valence-electron chi connectivity index (χ0n) is 10.3. The Kier molecular flexibility index (Phi) is 3.33. The van der Waals surface area contributed by atoms with Gasteiger partial charge in [-0.15, -0.1) is 0 Å². The summed E-state index contributed by atoms with van der Waals surface area (Å²) in [5.74, 6) is -0.0322. The Morgan fingerprint density at radius 1 is 1.28 bits per heavy atom. The first-order chi connectivity index (χ1) is 8.61. The van der Waals surface area contributed by atoms with Gasteiger partial charge in [0.25, 0.3) is 0 Å². The van der Waals surface area contributed by atoms with E-state index in [9.17, 15) is 9.90 Å². The third-order valence-electron chi connectivity index (χ3n) is 2.89. The van der Waals surface area contributed by atoms with Crippen LogP contribution in [0.1, 0.15) is 27.3 Å². The minimum Gasteiger partial charge on any atom is -0.506 e. The van der Waals surface area contributed by atoms with Gasteiger partial charge in [-0.1, -0.05) is 36.4 Å². The first kappa shape index (κ1) is 12.2. The minimum atomic E-state index is -0.0322. The number of nitrogens with zero attached hydrogens (tertiary/aromatic N) is 1. The number of aryl methyl sites for hydroxylation is 1. The van der Waals surface area contributed by atoms with Crippen molar-refractivity contribution in [3.63, 3.8) is 0 Å². The van der Waals surface area contributed by atoms with Crippen molar-refractivity contribution in [2.24, 2.45) is 0 Å². The smallest absolute Gasteiger partial charge is 0.166 e. The van der Waals surface area contributed by atoms with E-state index in [1.165, 1.54) is 5.56 Å². The molecule has 1 aromatic carbocycles. The lowest BCUT2D eigenvalue weighted by Gasteiger charge is -2.10. The topological polar surface area (TPSA) is 42.2 Å². The van der Waals surface area contributed by atoms with Gasteiger partial charge >= 0.3 is 0 Å². The van der Waals surface area contributed by atoms with Crippen molar-refractivity contribution in [1.29, 1.82) is 0 Å². The largest absolute Gasteiger partial charge is 0.506 e. The van der Waals surface area contributed by atoms with Crippen molar-refractivity contribution in [3.8, 4) is 0 Å². The van der Waals surface area contributed by atoms with Gasteiger partial charge in [-0.3, -0.25) is 4.79 Å². The van der Waals surface area contributed by atoms with Crippen molar-refractivity contribution in [2.75, 3.05) is 0 Å². The van der Waals surface area contributed by atoms with Gasteiger partial charge in [-0.05, 0) is 24.6 Å². The van der Waals surface area contributed by atoms with E-state index in [1.54, 1.807) is 16.7 Å². The fraction of sp³-hybridized carbons (Fsp3) is 0.133. The Morgan fingerprint density at radius 2 is 1.94 bits per heavy atom. The molecule has 18 heavy (non-hydrogen) atoms. The van der Waals surface area contributed by atoms with Crippen LogP contribution in [0, 0.1) is 6.92 Å². The highest BCUT2D eigenvalue weighted by Crippen LogP contribution is 2.16. The zero-order valence-corrected chi connectivity index (χ0v) is 10.3. The van der Waals surface area contributed by atoms with Crippen LogP contribution < -0.4 is 0 Å². The second kappa shape index (κ2) is 4.92. The van der Waals surface area contributed by atoms with E-state index in [1.807, 2.05) is 31.2 Å². The van der Waals surface area contributed by atoms with Crippen molar-refractivity contribution in [3.05, 3.63) is 65.5 Å². The van der Waals surface area contributed by atoms with Crippen molar-refractivity contribution >= 4 is 12.0 Å². The molecule has 1 heterocycles. The van der Waals surface area contributed by atoms with Crippen molar-refractivity contribution in [2.45, 2.75) is 13.5 Å². The maximum Gasteiger partial charge on any atom is 0.166 e. The maximum absolute atomic E-state index is 11.0. The number of benzene rings is 1. The molecule has 0 bridgehead atoms. The van der Waals surface area contributed by atoms with Gasteiger partial charge in [-0.25, -0.2) is 0 Å². The van der Waals surface area contributed by atoms with Gasteiger partial charge in [0.1, 0.15) is 5.76 Å². The van der Waals surface area contributed by atoms with E-state index < -0.39 is 0 Å². The summed E-state index contributed by atoms with van der Waals surface area (Å²) in [7, 11) is 0. The van der Waals surface area contributed by atoms with Crippen LogP contribution in [-0.4, -0.2) is 16.0 Å². The average Bonchev–Trinajstić information content (AvgIpc) is 2.75. The monoisotopic (exact) mass is 241 g/mol. The molecule has 0 unspecified atom stereocenters. The molecule has 0 saturated carbocycles. The number of carbonyl (C=O) groups is 1. The lowest BCUT2D eigenvalue weighted by Crippen LogP contribution is -2.07. The number of hydrogen-bond donors (Lipinski definition) is 1. The highest BCUT2D eigenvalue weighted by atomic mass is 16.3. The SMILES string of the molecule is C=C(O)c1ccc(C=O)n1Cc1ccc(C)cc1. The molecule has 0 amide bonds. The quantitative estimate of drug-likeness (QED) is 0.659. The molecular weight excluding hydrogens is 226 g/mol. The molecule has 0 aliphatic heterocycles. The molecule has 0 atom stereocenters. The standard InChI is InChI=1S/C15H15NO2/c1-11-3-5-13(6-4-11)9-16-14(10-17)7-8-15(16)12(2)18/h3-8,10,18H,2,9H2,1H3. The summed E-state index contributed by atoms with van der Waals surface area (Å²) in [5.41, 5.74) is 3.36. The second-order valence-corrected chi connectivity index (χ2v) is 4.28. The molecule has 1 aromatic heterocycles. The molecule has 0 fully saturated rings. The van der Waals surface area contributed by atoms with Gasteiger partial charge in [-0.2, -0.15) is 0 Å². The Morgan fingerprint density at radius 3 is 2.50 bits per heavy atom. The molecule has 0 saturated heterocycles. The lowest BCUT2D eigenvalue weighted by atomic mass is 10.1. The zero-order chi connectivity index (χ0) is 13.1. The van der Waals surface area contributed by atoms with Gasteiger partial charge < -0.3 is 9.67 Å². The predicted octanol–water partition coefficient (Wildman–Crippen LogP) is 3.19. The number of aromatic nitrogens is 1. The Balaban J connectivity index is 2.38. The van der Waals surface area contributed by atoms with Crippen molar-refractivity contribution < 1.29 is 9.90 Å². The Labute approximate surface area is 106 Å².